The highest BCUT2D eigenvalue weighted by molar-refractivity contribution is 8.00. The summed E-state index contributed by atoms with van der Waals surface area (Å²) in [6, 6.07) is 12.0. The lowest BCUT2D eigenvalue weighted by Crippen LogP contribution is -2.50. The van der Waals surface area contributed by atoms with Gasteiger partial charge in [0, 0.05) is 72.3 Å². The third-order valence-electron chi connectivity index (χ3n) is 6.83. The molecule has 0 N–H and O–H groups in total. The molecule has 0 aliphatic carbocycles. The van der Waals surface area contributed by atoms with Crippen molar-refractivity contribution in [3.05, 3.63) is 53.9 Å². The first kappa shape index (κ1) is 27.8. The van der Waals surface area contributed by atoms with Crippen molar-refractivity contribution in [3.63, 3.8) is 0 Å². The lowest BCUT2D eigenvalue weighted by Gasteiger charge is -2.41. The van der Waals surface area contributed by atoms with Crippen molar-refractivity contribution in [1.29, 1.82) is 0 Å². The number of piperazine rings is 1. The van der Waals surface area contributed by atoms with Crippen molar-refractivity contribution in [2.75, 3.05) is 57.9 Å². The Morgan fingerprint density at radius 2 is 1.92 bits per heavy atom. The van der Waals surface area contributed by atoms with Crippen LogP contribution in [0.2, 0.25) is 0 Å². The number of hydrogen-bond donors (Lipinski definition) is 0. The molecule has 5 rings (SSSR count). The standard InChI is InChI=1S/C26H30F3N5O3S2/c1-35-19-4-3-18(23(13-19)36-2)15-34(25-30-17-31-38-25)39-20-5-6-21-22(7-12-37-24(21)14-20)33-10-8-32(9-11-33)16-26(27,28)29/h3-6,13-14,17,22H,7-12,15-16H2,1-2H3. The molecule has 1 fully saturated rings. The maximum Gasteiger partial charge on any atom is 0.401 e. The Hall–Kier alpha value is -2.74. The van der Waals surface area contributed by atoms with E-state index in [1.165, 1.54) is 34.7 Å². The quantitative estimate of drug-likeness (QED) is 0.315. The summed E-state index contributed by atoms with van der Waals surface area (Å²) in [6.45, 7) is 2.26. The van der Waals surface area contributed by atoms with Crippen molar-refractivity contribution in [2.24, 2.45) is 0 Å². The predicted molar refractivity (Wildman–Crippen MR) is 145 cm³/mol. The van der Waals surface area contributed by atoms with E-state index in [2.05, 4.69) is 30.7 Å². The molecule has 1 aromatic heterocycles. The van der Waals surface area contributed by atoms with Gasteiger partial charge in [-0.1, -0.05) is 6.07 Å². The highest BCUT2D eigenvalue weighted by atomic mass is 32.2. The van der Waals surface area contributed by atoms with Crippen LogP contribution in [-0.4, -0.2) is 78.9 Å². The molecule has 1 saturated heterocycles. The lowest BCUT2D eigenvalue weighted by molar-refractivity contribution is -0.150. The van der Waals surface area contributed by atoms with E-state index in [0.29, 0.717) is 45.1 Å². The smallest absolute Gasteiger partial charge is 0.401 e. The minimum atomic E-state index is -4.16. The van der Waals surface area contributed by atoms with E-state index in [9.17, 15) is 13.2 Å². The lowest BCUT2D eigenvalue weighted by atomic mass is 9.98. The topological polar surface area (TPSA) is 63.2 Å². The number of halogens is 3. The van der Waals surface area contributed by atoms with Crippen molar-refractivity contribution in [1.82, 2.24) is 19.2 Å². The Labute approximate surface area is 234 Å². The molecule has 1 atom stereocenters. The number of hydrogen-bond acceptors (Lipinski definition) is 10. The molecule has 8 nitrogen and oxygen atoms in total. The number of fused-ring (bicyclic) bond motifs is 1. The molecule has 39 heavy (non-hydrogen) atoms. The van der Waals surface area contributed by atoms with E-state index in [1.807, 2.05) is 24.3 Å². The van der Waals surface area contributed by atoms with Crippen molar-refractivity contribution < 1.29 is 27.4 Å². The van der Waals surface area contributed by atoms with Crippen molar-refractivity contribution in [2.45, 2.75) is 30.1 Å². The zero-order valence-corrected chi connectivity index (χ0v) is 23.3. The average Bonchev–Trinajstić information content (AvgIpc) is 3.47. The molecule has 0 bridgehead atoms. The fourth-order valence-corrected chi connectivity index (χ4v) is 6.48. The molecule has 210 valence electrons. The van der Waals surface area contributed by atoms with Gasteiger partial charge in [0.1, 0.15) is 23.6 Å². The Morgan fingerprint density at radius 3 is 2.62 bits per heavy atom. The third kappa shape index (κ3) is 6.89. The van der Waals surface area contributed by atoms with Crippen LogP contribution in [0.25, 0.3) is 0 Å². The molecule has 1 unspecified atom stereocenters. The van der Waals surface area contributed by atoms with Gasteiger partial charge in [0.15, 0.2) is 0 Å². The first-order chi connectivity index (χ1) is 18.8. The van der Waals surface area contributed by atoms with Gasteiger partial charge >= 0.3 is 6.18 Å². The second-order valence-electron chi connectivity index (χ2n) is 9.31. The van der Waals surface area contributed by atoms with Crippen LogP contribution < -0.4 is 18.5 Å². The summed E-state index contributed by atoms with van der Waals surface area (Å²) in [6.07, 6.45) is -1.82. The molecular formula is C26H30F3N5O3S2. The summed E-state index contributed by atoms with van der Waals surface area (Å²) in [7, 11) is 3.25. The number of benzene rings is 2. The molecule has 0 saturated carbocycles. The number of methoxy groups -OCH3 is 2. The SMILES string of the molecule is COc1ccc(CN(Sc2ccc3c(c2)OCCC3N2CCN(CC(F)(F)F)CC2)c2ncns2)c(OC)c1. The number of anilines is 1. The second-order valence-corrected chi connectivity index (χ2v) is 11.2. The molecule has 0 spiro atoms. The minimum absolute atomic E-state index is 0.128. The third-order valence-corrected chi connectivity index (χ3v) is 8.62. The molecule has 0 radical (unpaired) electrons. The van der Waals surface area contributed by atoms with Gasteiger partial charge in [-0.25, -0.2) is 4.98 Å². The fourth-order valence-electron chi connectivity index (χ4n) is 4.95. The van der Waals surface area contributed by atoms with Gasteiger partial charge in [0.25, 0.3) is 0 Å². The molecular weight excluding hydrogens is 551 g/mol. The Kier molecular flexibility index (Phi) is 8.70. The molecule has 2 aliphatic rings. The van der Waals surface area contributed by atoms with E-state index in [-0.39, 0.29) is 6.04 Å². The van der Waals surface area contributed by atoms with Gasteiger partial charge in [-0.3, -0.25) is 14.1 Å². The molecule has 2 aliphatic heterocycles. The van der Waals surface area contributed by atoms with Gasteiger partial charge in [-0.05, 0) is 36.2 Å². The number of nitrogens with zero attached hydrogens (tertiary/aromatic N) is 5. The first-order valence-electron chi connectivity index (χ1n) is 12.6. The van der Waals surface area contributed by atoms with Crippen LogP contribution in [0.15, 0.2) is 47.6 Å². The summed E-state index contributed by atoms with van der Waals surface area (Å²) in [5.41, 5.74) is 2.05. The molecule has 0 amide bonds. The number of rotatable bonds is 9. The van der Waals surface area contributed by atoms with Gasteiger partial charge < -0.3 is 14.2 Å². The van der Waals surface area contributed by atoms with Crippen LogP contribution >= 0.6 is 23.5 Å². The van der Waals surface area contributed by atoms with Crippen LogP contribution in [0.3, 0.4) is 0 Å². The van der Waals surface area contributed by atoms with Gasteiger partial charge in [0.05, 0.1) is 33.9 Å². The van der Waals surface area contributed by atoms with E-state index in [1.54, 1.807) is 14.2 Å². The summed E-state index contributed by atoms with van der Waals surface area (Å²) < 4.78 is 61.6. The maximum absolute atomic E-state index is 12.8. The van der Waals surface area contributed by atoms with Gasteiger partial charge in [0.2, 0.25) is 5.13 Å². The van der Waals surface area contributed by atoms with E-state index >= 15 is 0 Å². The van der Waals surface area contributed by atoms with Crippen LogP contribution in [0.1, 0.15) is 23.6 Å². The molecule has 2 aromatic carbocycles. The van der Waals surface area contributed by atoms with Gasteiger partial charge in [-0.2, -0.15) is 17.5 Å². The Bertz CT molecular complexity index is 1240. The van der Waals surface area contributed by atoms with E-state index in [4.69, 9.17) is 14.2 Å². The summed E-state index contributed by atoms with van der Waals surface area (Å²) in [5, 5.41) is 0.756. The zero-order chi connectivity index (χ0) is 27.4. The average molecular weight is 582 g/mol. The van der Waals surface area contributed by atoms with Crippen molar-refractivity contribution in [3.8, 4) is 17.2 Å². The van der Waals surface area contributed by atoms with Crippen LogP contribution in [0, 0.1) is 0 Å². The zero-order valence-electron chi connectivity index (χ0n) is 21.7. The monoisotopic (exact) mass is 581 g/mol. The molecule has 13 heteroatoms. The predicted octanol–water partition coefficient (Wildman–Crippen LogP) is 5.27. The number of alkyl halides is 3. The van der Waals surface area contributed by atoms with Crippen molar-refractivity contribution >= 4 is 28.6 Å². The largest absolute Gasteiger partial charge is 0.497 e. The van der Waals surface area contributed by atoms with Crippen LogP contribution in [-0.2, 0) is 6.54 Å². The number of aromatic nitrogens is 2. The molecule has 3 heterocycles. The first-order valence-corrected chi connectivity index (χ1v) is 14.1. The highest BCUT2D eigenvalue weighted by Crippen LogP contribution is 2.41. The van der Waals surface area contributed by atoms with Crippen LogP contribution in [0.4, 0.5) is 18.3 Å². The van der Waals surface area contributed by atoms with E-state index < -0.39 is 12.7 Å². The number of ether oxygens (including phenoxy) is 3. The molecule has 3 aromatic rings. The summed E-state index contributed by atoms with van der Waals surface area (Å²) in [4.78, 5) is 9.17. The van der Waals surface area contributed by atoms with Gasteiger partial charge in [-0.15, -0.1) is 0 Å². The second kappa shape index (κ2) is 12.2. The van der Waals surface area contributed by atoms with Crippen LogP contribution in [0.5, 0.6) is 17.2 Å². The summed E-state index contributed by atoms with van der Waals surface area (Å²) in [5.74, 6) is 2.25. The summed E-state index contributed by atoms with van der Waals surface area (Å²) >= 11 is 2.84. The Morgan fingerprint density at radius 1 is 1.10 bits per heavy atom. The fraction of sp³-hybridized carbons (Fsp3) is 0.462. The highest BCUT2D eigenvalue weighted by Gasteiger charge is 2.35. The Balaban J connectivity index is 1.31. The minimum Gasteiger partial charge on any atom is -0.497 e. The normalized spacial score (nSPS) is 18.3. The maximum atomic E-state index is 12.8. The van der Waals surface area contributed by atoms with E-state index in [0.717, 1.165) is 39.1 Å².